The first-order valence-corrected chi connectivity index (χ1v) is 7.02. The zero-order valence-electron chi connectivity index (χ0n) is 11.6. The molecule has 108 valence electrons. The molecule has 3 atom stereocenters. The topological polar surface area (TPSA) is 61.8 Å². The van der Waals surface area contributed by atoms with Crippen molar-refractivity contribution in [3.05, 3.63) is 24.3 Å². The molecular formula is C15H20N2O3. The second-order valence-corrected chi connectivity index (χ2v) is 5.67. The summed E-state index contributed by atoms with van der Waals surface area (Å²) >= 11 is 0. The summed E-state index contributed by atoms with van der Waals surface area (Å²) in [5, 5.41) is 13.1. The molecule has 2 fully saturated rings. The molecule has 0 aliphatic carbocycles. The lowest BCUT2D eigenvalue weighted by atomic mass is 9.78. The first-order valence-electron chi connectivity index (χ1n) is 7.02. The Hall–Kier alpha value is -1.75. The van der Waals surface area contributed by atoms with Crippen molar-refractivity contribution in [3.8, 4) is 5.75 Å². The van der Waals surface area contributed by atoms with E-state index >= 15 is 0 Å². The molecule has 2 saturated heterocycles. The molecule has 3 unspecified atom stereocenters. The maximum Gasteiger partial charge on any atom is 0.329 e. The van der Waals surface area contributed by atoms with Gasteiger partial charge in [-0.25, -0.2) is 4.79 Å². The van der Waals surface area contributed by atoms with Crippen molar-refractivity contribution in [1.29, 1.82) is 0 Å². The number of methoxy groups -OCH3 is 1. The fourth-order valence-corrected chi connectivity index (χ4v) is 3.41. The van der Waals surface area contributed by atoms with Crippen LogP contribution in [-0.4, -0.2) is 48.3 Å². The molecule has 0 spiro atoms. The predicted molar refractivity (Wildman–Crippen MR) is 76.1 cm³/mol. The quantitative estimate of drug-likeness (QED) is 0.875. The molecule has 2 bridgehead atoms. The Morgan fingerprint density at radius 1 is 1.40 bits per heavy atom. The maximum absolute atomic E-state index is 11.9. The fraction of sp³-hybridized carbons (Fsp3) is 0.533. The molecule has 2 aliphatic rings. The lowest BCUT2D eigenvalue weighted by molar-refractivity contribution is -0.145. The Morgan fingerprint density at radius 2 is 2.15 bits per heavy atom. The average Bonchev–Trinajstić information content (AvgIpc) is 2.87. The number of ether oxygens (including phenoxy) is 1. The van der Waals surface area contributed by atoms with E-state index in [-0.39, 0.29) is 5.92 Å². The predicted octanol–water partition coefficient (Wildman–Crippen LogP) is 1.66. The second kappa shape index (κ2) is 4.98. The van der Waals surface area contributed by atoms with Crippen LogP contribution in [-0.2, 0) is 4.79 Å². The third kappa shape index (κ3) is 2.12. The molecule has 3 rings (SSSR count). The first kappa shape index (κ1) is 13.2. The van der Waals surface area contributed by atoms with Crippen LogP contribution in [0.3, 0.4) is 0 Å². The number of aliphatic carboxylic acids is 1. The summed E-state index contributed by atoms with van der Waals surface area (Å²) in [7, 11) is 1.62. The van der Waals surface area contributed by atoms with Gasteiger partial charge in [0.2, 0.25) is 0 Å². The molecule has 2 N–H and O–H groups in total. The van der Waals surface area contributed by atoms with Crippen LogP contribution in [0.4, 0.5) is 5.69 Å². The molecule has 5 nitrogen and oxygen atoms in total. The van der Waals surface area contributed by atoms with Gasteiger partial charge in [-0.05, 0) is 43.7 Å². The molecule has 20 heavy (non-hydrogen) atoms. The van der Waals surface area contributed by atoms with Crippen molar-refractivity contribution in [2.45, 2.75) is 18.4 Å². The minimum atomic E-state index is -0.832. The first-order chi connectivity index (χ1) is 9.64. The number of anilines is 1. The van der Waals surface area contributed by atoms with Crippen LogP contribution in [0.25, 0.3) is 0 Å². The van der Waals surface area contributed by atoms with Gasteiger partial charge >= 0.3 is 5.97 Å². The van der Waals surface area contributed by atoms with Crippen molar-refractivity contribution >= 4 is 11.7 Å². The number of hydrogen-bond donors (Lipinski definition) is 2. The van der Waals surface area contributed by atoms with E-state index in [1.807, 2.05) is 24.3 Å². The number of benzene rings is 1. The summed E-state index contributed by atoms with van der Waals surface area (Å²) in [5.41, 5.74) is 0.00949. The SMILES string of the molecule is COc1ccc(NC2(C(=O)O)CCN3CCC2C3)cc1. The Kier molecular flexibility index (Phi) is 3.30. The minimum Gasteiger partial charge on any atom is -0.497 e. The number of nitrogens with zero attached hydrogens (tertiary/aromatic N) is 1. The summed E-state index contributed by atoms with van der Waals surface area (Å²) in [6, 6.07) is 7.46. The molecule has 0 amide bonds. The molecule has 0 aromatic heterocycles. The van der Waals surface area contributed by atoms with Crippen LogP contribution < -0.4 is 10.1 Å². The van der Waals surface area contributed by atoms with Gasteiger partial charge in [0.15, 0.2) is 0 Å². The number of carbonyl (C=O) groups is 1. The smallest absolute Gasteiger partial charge is 0.329 e. The molecule has 1 aromatic rings. The molecule has 5 heteroatoms. The van der Waals surface area contributed by atoms with Gasteiger partial charge in [-0.1, -0.05) is 0 Å². The molecule has 1 aromatic carbocycles. The van der Waals surface area contributed by atoms with Crippen LogP contribution >= 0.6 is 0 Å². The van der Waals surface area contributed by atoms with Gasteiger partial charge in [0.05, 0.1) is 7.11 Å². The highest BCUT2D eigenvalue weighted by molar-refractivity contribution is 5.83. The van der Waals surface area contributed by atoms with Crippen LogP contribution in [0.2, 0.25) is 0 Å². The lowest BCUT2D eigenvalue weighted by Crippen LogP contribution is -2.57. The monoisotopic (exact) mass is 276 g/mol. The Morgan fingerprint density at radius 3 is 2.80 bits per heavy atom. The summed E-state index contributed by atoms with van der Waals surface area (Å²) < 4.78 is 5.13. The Labute approximate surface area is 118 Å². The number of hydrogen-bond acceptors (Lipinski definition) is 4. The Balaban J connectivity index is 1.85. The number of rotatable bonds is 4. The van der Waals surface area contributed by atoms with Gasteiger partial charge in [0.1, 0.15) is 11.3 Å². The summed E-state index contributed by atoms with van der Waals surface area (Å²) in [4.78, 5) is 14.2. The van der Waals surface area contributed by atoms with Gasteiger partial charge in [-0.3, -0.25) is 0 Å². The van der Waals surface area contributed by atoms with E-state index in [9.17, 15) is 9.90 Å². The average molecular weight is 276 g/mol. The van der Waals surface area contributed by atoms with Gasteiger partial charge in [-0.2, -0.15) is 0 Å². The number of piperidine rings is 1. The number of nitrogens with one attached hydrogen (secondary N) is 1. The normalized spacial score (nSPS) is 31.9. The van der Waals surface area contributed by atoms with Gasteiger partial charge in [0.25, 0.3) is 0 Å². The highest BCUT2D eigenvalue weighted by Crippen LogP contribution is 2.38. The third-order valence-electron chi connectivity index (χ3n) is 4.63. The van der Waals surface area contributed by atoms with E-state index in [0.29, 0.717) is 6.42 Å². The zero-order valence-corrected chi connectivity index (χ0v) is 11.6. The van der Waals surface area contributed by atoms with Crippen molar-refractivity contribution in [2.24, 2.45) is 5.92 Å². The van der Waals surface area contributed by atoms with E-state index < -0.39 is 11.5 Å². The van der Waals surface area contributed by atoms with Gasteiger partial charge < -0.3 is 20.1 Å². The molecular weight excluding hydrogens is 256 g/mol. The van der Waals surface area contributed by atoms with Crippen molar-refractivity contribution in [2.75, 3.05) is 32.1 Å². The standard InChI is InChI=1S/C15H20N2O3/c1-20-13-4-2-12(3-5-13)16-15(14(18)19)7-9-17-8-6-11(15)10-17/h2-5,11,16H,6-10H2,1H3,(H,18,19). The highest BCUT2D eigenvalue weighted by Gasteiger charge is 2.51. The minimum absolute atomic E-state index is 0.177. The van der Waals surface area contributed by atoms with E-state index in [2.05, 4.69) is 10.2 Å². The summed E-state index contributed by atoms with van der Waals surface area (Å²) in [5.74, 6) is 0.214. The summed E-state index contributed by atoms with van der Waals surface area (Å²) in [6.07, 6.45) is 1.61. The second-order valence-electron chi connectivity index (χ2n) is 5.67. The van der Waals surface area contributed by atoms with Crippen LogP contribution in [0, 0.1) is 5.92 Å². The van der Waals surface area contributed by atoms with Crippen molar-refractivity contribution in [3.63, 3.8) is 0 Å². The van der Waals surface area contributed by atoms with Crippen molar-refractivity contribution < 1.29 is 14.6 Å². The highest BCUT2D eigenvalue weighted by atomic mass is 16.5. The van der Waals surface area contributed by atoms with Gasteiger partial charge in [0, 0.05) is 24.7 Å². The fourth-order valence-electron chi connectivity index (χ4n) is 3.41. The molecule has 0 saturated carbocycles. The maximum atomic E-state index is 11.9. The van der Waals surface area contributed by atoms with E-state index in [1.165, 1.54) is 0 Å². The van der Waals surface area contributed by atoms with E-state index in [0.717, 1.165) is 37.5 Å². The largest absolute Gasteiger partial charge is 0.497 e. The molecule has 2 heterocycles. The van der Waals surface area contributed by atoms with E-state index in [4.69, 9.17) is 4.74 Å². The third-order valence-corrected chi connectivity index (χ3v) is 4.63. The Bertz CT molecular complexity index is 502. The van der Waals surface area contributed by atoms with Crippen molar-refractivity contribution in [1.82, 2.24) is 4.90 Å². The molecule has 2 aliphatic heterocycles. The summed E-state index contributed by atoms with van der Waals surface area (Å²) in [6.45, 7) is 2.76. The number of fused-ring (bicyclic) bond motifs is 2. The van der Waals surface area contributed by atoms with Crippen LogP contribution in [0.15, 0.2) is 24.3 Å². The molecule has 0 radical (unpaired) electrons. The van der Waals surface area contributed by atoms with E-state index in [1.54, 1.807) is 7.11 Å². The lowest BCUT2D eigenvalue weighted by Gasteiger charge is -2.40. The van der Waals surface area contributed by atoms with Crippen LogP contribution in [0.5, 0.6) is 5.75 Å². The zero-order chi connectivity index (χ0) is 14.2. The number of carboxylic acids is 1. The van der Waals surface area contributed by atoms with Crippen LogP contribution in [0.1, 0.15) is 12.8 Å². The van der Waals surface area contributed by atoms with Gasteiger partial charge in [-0.15, -0.1) is 0 Å². The number of carboxylic acid groups (broad SMARTS) is 1.